The molecule has 0 heterocycles. The molecule has 0 aliphatic carbocycles. The first-order valence-electron chi connectivity index (χ1n) is 29.3. The van der Waals surface area contributed by atoms with E-state index in [0.717, 1.165) is 96.3 Å². The minimum Gasteiger partial charge on any atom is -0.462 e. The quantitative estimate of drug-likeness (QED) is 0.0262. The number of hydrogen-bond acceptors (Lipinski definition) is 6. The van der Waals surface area contributed by atoms with E-state index in [4.69, 9.17) is 14.2 Å². The molecule has 0 aromatic rings. The fourth-order valence-electron chi connectivity index (χ4n) is 8.27. The van der Waals surface area contributed by atoms with E-state index in [9.17, 15) is 14.4 Å². The first-order chi connectivity index (χ1) is 33.5. The molecule has 6 nitrogen and oxygen atoms in total. The Morgan fingerprint density at radius 1 is 0.294 bits per heavy atom. The molecule has 68 heavy (non-hydrogen) atoms. The Hall–Kier alpha value is -2.89. The lowest BCUT2D eigenvalue weighted by atomic mass is 10.0. The SMILES string of the molecule is CCC/C=C\CCCCCCCC(=O)OCC(COC(=O)CCCCCCCCCCCCCC/C=C\C/C=C\C/C=C\CCCCCCC)OC(=O)CCCCCCC/C=C\CCCCCC. The average Bonchev–Trinajstić information content (AvgIpc) is 3.34. The first-order valence-corrected chi connectivity index (χ1v) is 29.3. The summed E-state index contributed by atoms with van der Waals surface area (Å²) in [6, 6.07) is 0. The van der Waals surface area contributed by atoms with Gasteiger partial charge in [-0.05, 0) is 103 Å². The van der Waals surface area contributed by atoms with Crippen molar-refractivity contribution in [2.75, 3.05) is 13.2 Å². The van der Waals surface area contributed by atoms with Gasteiger partial charge in [0.15, 0.2) is 6.10 Å². The molecular weight excluding hydrogens is 841 g/mol. The summed E-state index contributed by atoms with van der Waals surface area (Å²) >= 11 is 0. The summed E-state index contributed by atoms with van der Waals surface area (Å²) in [6.07, 6.45) is 70.9. The van der Waals surface area contributed by atoms with Gasteiger partial charge in [0.05, 0.1) is 0 Å². The standard InChI is InChI=1S/C62H110O6/c1-4-7-10-13-16-19-22-24-25-26-27-28-29-30-31-32-33-34-35-36-37-39-40-43-46-49-52-55-61(64)67-58-59(57-66-60(63)54-51-48-45-42-21-18-15-12-9-6-3)68-62(65)56-53-50-47-44-41-38-23-20-17-14-11-8-5-2/h12,15,20,22-24,26-27,29-30,59H,4-11,13-14,16-19,21,25,28,31-58H2,1-3H3/b15-12-,23-20-,24-22-,27-26-,30-29-. The fraction of sp³-hybridized carbons (Fsp3) is 0.790. The summed E-state index contributed by atoms with van der Waals surface area (Å²) in [7, 11) is 0. The lowest BCUT2D eigenvalue weighted by Crippen LogP contribution is -2.30. The first kappa shape index (κ1) is 65.1. The molecule has 0 amide bonds. The van der Waals surface area contributed by atoms with Gasteiger partial charge >= 0.3 is 17.9 Å². The molecule has 0 aromatic carbocycles. The van der Waals surface area contributed by atoms with E-state index >= 15 is 0 Å². The van der Waals surface area contributed by atoms with Crippen LogP contribution in [0.25, 0.3) is 0 Å². The summed E-state index contributed by atoms with van der Waals surface area (Å²) < 4.78 is 16.8. The Bertz CT molecular complexity index is 1230. The predicted octanol–water partition coefficient (Wildman–Crippen LogP) is 19.6. The monoisotopic (exact) mass is 951 g/mol. The van der Waals surface area contributed by atoms with Gasteiger partial charge in [0.2, 0.25) is 0 Å². The second kappa shape index (κ2) is 56.7. The van der Waals surface area contributed by atoms with Gasteiger partial charge < -0.3 is 14.2 Å². The Kier molecular flexibility index (Phi) is 54.3. The molecule has 1 atom stereocenters. The van der Waals surface area contributed by atoms with E-state index < -0.39 is 6.10 Å². The third-order valence-electron chi connectivity index (χ3n) is 12.7. The van der Waals surface area contributed by atoms with Crippen molar-refractivity contribution < 1.29 is 28.6 Å². The molecule has 0 fully saturated rings. The Balaban J connectivity index is 4.18. The molecular formula is C62H110O6. The molecule has 0 bridgehead atoms. The second-order valence-electron chi connectivity index (χ2n) is 19.5. The Morgan fingerprint density at radius 3 is 0.912 bits per heavy atom. The molecule has 0 aromatic heterocycles. The number of ether oxygens (including phenoxy) is 3. The molecule has 0 aliphatic heterocycles. The van der Waals surface area contributed by atoms with E-state index in [1.807, 2.05) is 0 Å². The van der Waals surface area contributed by atoms with Crippen molar-refractivity contribution in [2.24, 2.45) is 0 Å². The van der Waals surface area contributed by atoms with Gasteiger partial charge in [-0.25, -0.2) is 0 Å². The number of hydrogen-bond donors (Lipinski definition) is 0. The smallest absolute Gasteiger partial charge is 0.306 e. The molecule has 6 heteroatoms. The van der Waals surface area contributed by atoms with Crippen LogP contribution in [-0.2, 0) is 28.6 Å². The van der Waals surface area contributed by atoms with E-state index in [-0.39, 0.29) is 31.1 Å². The van der Waals surface area contributed by atoms with Crippen molar-refractivity contribution in [3.8, 4) is 0 Å². The minimum absolute atomic E-state index is 0.0800. The van der Waals surface area contributed by atoms with E-state index in [0.29, 0.717) is 19.3 Å². The van der Waals surface area contributed by atoms with Crippen molar-refractivity contribution in [1.29, 1.82) is 0 Å². The van der Waals surface area contributed by atoms with Crippen LogP contribution in [0.3, 0.4) is 0 Å². The number of carbonyl (C=O) groups is 3. The minimum atomic E-state index is -0.780. The van der Waals surface area contributed by atoms with Crippen LogP contribution in [0.2, 0.25) is 0 Å². The van der Waals surface area contributed by atoms with Crippen molar-refractivity contribution in [3.63, 3.8) is 0 Å². The summed E-state index contributed by atoms with van der Waals surface area (Å²) in [5.74, 6) is -0.894. The summed E-state index contributed by atoms with van der Waals surface area (Å²) in [4.78, 5) is 38.0. The van der Waals surface area contributed by atoms with Crippen LogP contribution >= 0.6 is 0 Å². The summed E-state index contributed by atoms with van der Waals surface area (Å²) in [6.45, 7) is 6.55. The molecule has 0 radical (unpaired) electrons. The van der Waals surface area contributed by atoms with Crippen LogP contribution in [0.1, 0.15) is 297 Å². The van der Waals surface area contributed by atoms with Gasteiger partial charge in [-0.3, -0.25) is 14.4 Å². The van der Waals surface area contributed by atoms with Crippen LogP contribution in [0.4, 0.5) is 0 Å². The lowest BCUT2D eigenvalue weighted by molar-refractivity contribution is -0.167. The molecule has 0 saturated heterocycles. The van der Waals surface area contributed by atoms with Gasteiger partial charge in [-0.2, -0.15) is 0 Å². The highest BCUT2D eigenvalue weighted by Crippen LogP contribution is 2.16. The van der Waals surface area contributed by atoms with Crippen LogP contribution in [0, 0.1) is 0 Å². The highest BCUT2D eigenvalue weighted by atomic mass is 16.6. The van der Waals surface area contributed by atoms with Crippen LogP contribution in [-0.4, -0.2) is 37.2 Å². The molecule has 394 valence electrons. The van der Waals surface area contributed by atoms with Gasteiger partial charge in [-0.15, -0.1) is 0 Å². The van der Waals surface area contributed by atoms with Gasteiger partial charge in [0.1, 0.15) is 13.2 Å². The maximum absolute atomic E-state index is 12.8. The highest BCUT2D eigenvalue weighted by Gasteiger charge is 2.19. The van der Waals surface area contributed by atoms with Crippen molar-refractivity contribution >= 4 is 17.9 Å². The van der Waals surface area contributed by atoms with Crippen molar-refractivity contribution in [1.82, 2.24) is 0 Å². The molecule has 0 N–H and O–H groups in total. The fourth-order valence-corrected chi connectivity index (χ4v) is 8.27. The van der Waals surface area contributed by atoms with Gasteiger partial charge in [0, 0.05) is 19.3 Å². The number of rotatable bonds is 53. The normalized spacial score (nSPS) is 12.5. The van der Waals surface area contributed by atoms with Crippen LogP contribution < -0.4 is 0 Å². The zero-order valence-electron chi connectivity index (χ0n) is 45.1. The molecule has 0 aliphatic rings. The van der Waals surface area contributed by atoms with E-state index in [1.165, 1.54) is 161 Å². The number of unbranched alkanes of at least 4 members (excludes halogenated alkanes) is 32. The topological polar surface area (TPSA) is 78.9 Å². The molecule has 1 unspecified atom stereocenters. The van der Waals surface area contributed by atoms with E-state index in [1.54, 1.807) is 0 Å². The third-order valence-corrected chi connectivity index (χ3v) is 12.7. The van der Waals surface area contributed by atoms with Gasteiger partial charge in [0.25, 0.3) is 0 Å². The molecule has 0 saturated carbocycles. The largest absolute Gasteiger partial charge is 0.462 e. The van der Waals surface area contributed by atoms with E-state index in [2.05, 4.69) is 81.5 Å². The third kappa shape index (κ3) is 54.1. The lowest BCUT2D eigenvalue weighted by Gasteiger charge is -2.18. The van der Waals surface area contributed by atoms with Gasteiger partial charge in [-0.1, -0.05) is 236 Å². The Labute approximate surface area is 421 Å². The van der Waals surface area contributed by atoms with Crippen LogP contribution in [0.5, 0.6) is 0 Å². The number of carbonyl (C=O) groups excluding carboxylic acids is 3. The van der Waals surface area contributed by atoms with Crippen LogP contribution in [0.15, 0.2) is 60.8 Å². The average molecular weight is 952 g/mol. The highest BCUT2D eigenvalue weighted by molar-refractivity contribution is 5.71. The Morgan fingerprint density at radius 2 is 0.559 bits per heavy atom. The summed E-state index contributed by atoms with van der Waals surface area (Å²) in [5, 5.41) is 0. The predicted molar refractivity (Wildman–Crippen MR) is 293 cm³/mol. The van der Waals surface area contributed by atoms with Crippen molar-refractivity contribution in [3.05, 3.63) is 60.8 Å². The second-order valence-corrected chi connectivity index (χ2v) is 19.5. The number of allylic oxidation sites excluding steroid dienone is 10. The zero-order valence-corrected chi connectivity index (χ0v) is 45.1. The molecule has 0 rings (SSSR count). The number of esters is 3. The molecule has 0 spiro atoms. The maximum atomic E-state index is 12.8. The zero-order chi connectivity index (χ0) is 49.3. The maximum Gasteiger partial charge on any atom is 0.306 e. The van der Waals surface area contributed by atoms with Crippen molar-refractivity contribution in [2.45, 2.75) is 303 Å². The summed E-state index contributed by atoms with van der Waals surface area (Å²) in [5.41, 5.74) is 0.